The van der Waals surface area contributed by atoms with Crippen molar-refractivity contribution in [1.82, 2.24) is 20.0 Å². The molecular formula is C17H19FN4O3. The minimum atomic E-state index is -0.336. The van der Waals surface area contributed by atoms with Gasteiger partial charge in [-0.3, -0.25) is 14.3 Å². The number of carbonyl (C=O) groups is 2. The Morgan fingerprint density at radius 1 is 1.32 bits per heavy atom. The Balaban J connectivity index is 1.69. The Kier molecular flexibility index (Phi) is 5.08. The summed E-state index contributed by atoms with van der Waals surface area (Å²) in [6, 6.07) is 7.56. The lowest BCUT2D eigenvalue weighted by atomic mass is 10.2. The molecular weight excluding hydrogens is 327 g/mol. The largest absolute Gasteiger partial charge is 0.383 e. The van der Waals surface area contributed by atoms with Crippen molar-refractivity contribution in [3.63, 3.8) is 0 Å². The lowest BCUT2D eigenvalue weighted by Crippen LogP contribution is -2.39. The lowest BCUT2D eigenvalue weighted by molar-refractivity contribution is 0.0683. The SMILES string of the molecule is COCCNC(=O)c1cc2n(n1)CCN(Cc1ccc(F)cc1)C2=O. The van der Waals surface area contributed by atoms with Gasteiger partial charge < -0.3 is 15.0 Å². The van der Waals surface area contributed by atoms with Crippen LogP contribution in [0.3, 0.4) is 0 Å². The molecule has 2 aromatic rings. The van der Waals surface area contributed by atoms with Crippen LogP contribution in [0.1, 0.15) is 26.5 Å². The molecule has 0 aliphatic carbocycles. The average Bonchev–Trinajstić information content (AvgIpc) is 3.05. The van der Waals surface area contributed by atoms with Crippen molar-refractivity contribution < 1.29 is 18.7 Å². The molecule has 1 N–H and O–H groups in total. The highest BCUT2D eigenvalue weighted by molar-refractivity contribution is 5.98. The van der Waals surface area contributed by atoms with E-state index in [2.05, 4.69) is 10.4 Å². The van der Waals surface area contributed by atoms with Gasteiger partial charge in [0.2, 0.25) is 0 Å². The summed E-state index contributed by atoms with van der Waals surface area (Å²) in [4.78, 5) is 26.3. The second-order valence-corrected chi connectivity index (χ2v) is 5.74. The highest BCUT2D eigenvalue weighted by Gasteiger charge is 2.27. The molecule has 0 spiro atoms. The molecule has 1 aromatic heterocycles. The second-order valence-electron chi connectivity index (χ2n) is 5.74. The molecule has 0 fully saturated rings. The predicted octanol–water partition coefficient (Wildman–Crippen LogP) is 1.05. The smallest absolute Gasteiger partial charge is 0.272 e. The normalized spacial score (nSPS) is 13.7. The fourth-order valence-electron chi connectivity index (χ4n) is 2.67. The van der Waals surface area contributed by atoms with Gasteiger partial charge in [0.15, 0.2) is 5.69 Å². The van der Waals surface area contributed by atoms with Crippen LogP contribution in [-0.2, 0) is 17.8 Å². The first kappa shape index (κ1) is 17.1. The van der Waals surface area contributed by atoms with Crippen LogP contribution >= 0.6 is 0 Å². The molecule has 0 saturated carbocycles. The van der Waals surface area contributed by atoms with E-state index >= 15 is 0 Å². The molecule has 1 aliphatic heterocycles. The Labute approximate surface area is 144 Å². The van der Waals surface area contributed by atoms with Crippen molar-refractivity contribution in [3.05, 3.63) is 53.1 Å². The second kappa shape index (κ2) is 7.43. The number of aromatic nitrogens is 2. The third kappa shape index (κ3) is 3.85. The molecule has 8 heteroatoms. The van der Waals surface area contributed by atoms with Crippen molar-refractivity contribution in [2.24, 2.45) is 0 Å². The van der Waals surface area contributed by atoms with E-state index < -0.39 is 0 Å². The third-order valence-corrected chi connectivity index (χ3v) is 3.98. The number of hydrogen-bond donors (Lipinski definition) is 1. The monoisotopic (exact) mass is 346 g/mol. The van der Waals surface area contributed by atoms with E-state index in [0.29, 0.717) is 38.5 Å². The third-order valence-electron chi connectivity index (χ3n) is 3.98. The number of hydrogen-bond acceptors (Lipinski definition) is 4. The molecule has 25 heavy (non-hydrogen) atoms. The summed E-state index contributed by atoms with van der Waals surface area (Å²) < 4.78 is 19.4. The van der Waals surface area contributed by atoms with E-state index in [1.165, 1.54) is 18.2 Å². The summed E-state index contributed by atoms with van der Waals surface area (Å²) >= 11 is 0. The highest BCUT2D eigenvalue weighted by Crippen LogP contribution is 2.17. The summed E-state index contributed by atoms with van der Waals surface area (Å²) in [5.41, 5.74) is 1.44. The molecule has 1 aliphatic rings. The maximum Gasteiger partial charge on any atom is 0.272 e. The Morgan fingerprint density at radius 2 is 2.08 bits per heavy atom. The van der Waals surface area contributed by atoms with Gasteiger partial charge in [-0.05, 0) is 17.7 Å². The molecule has 1 aromatic carbocycles. The lowest BCUT2D eigenvalue weighted by Gasteiger charge is -2.27. The molecule has 0 radical (unpaired) electrons. The molecule has 2 amide bonds. The molecule has 0 atom stereocenters. The summed E-state index contributed by atoms with van der Waals surface area (Å²) in [5.74, 6) is -0.841. The predicted molar refractivity (Wildman–Crippen MR) is 87.6 cm³/mol. The van der Waals surface area contributed by atoms with Crippen molar-refractivity contribution >= 4 is 11.8 Å². The van der Waals surface area contributed by atoms with Crippen molar-refractivity contribution in [2.75, 3.05) is 26.8 Å². The van der Waals surface area contributed by atoms with E-state index in [-0.39, 0.29) is 23.3 Å². The fraction of sp³-hybridized carbons (Fsp3) is 0.353. The van der Waals surface area contributed by atoms with Gasteiger partial charge in [0.25, 0.3) is 11.8 Å². The Hall–Kier alpha value is -2.74. The van der Waals surface area contributed by atoms with Gasteiger partial charge in [0.1, 0.15) is 11.5 Å². The van der Waals surface area contributed by atoms with E-state index in [9.17, 15) is 14.0 Å². The zero-order valence-corrected chi connectivity index (χ0v) is 13.9. The van der Waals surface area contributed by atoms with E-state index in [0.717, 1.165) is 5.56 Å². The minimum Gasteiger partial charge on any atom is -0.383 e. The van der Waals surface area contributed by atoms with Gasteiger partial charge in [-0.25, -0.2) is 4.39 Å². The van der Waals surface area contributed by atoms with E-state index in [1.807, 2.05) is 0 Å². The zero-order valence-electron chi connectivity index (χ0n) is 13.9. The van der Waals surface area contributed by atoms with Gasteiger partial charge in [-0.15, -0.1) is 0 Å². The van der Waals surface area contributed by atoms with Crippen LogP contribution < -0.4 is 5.32 Å². The van der Waals surface area contributed by atoms with Gasteiger partial charge >= 0.3 is 0 Å². The standard InChI is InChI=1S/C17H19FN4O3/c1-25-9-6-19-16(23)14-10-15-17(24)21(7-8-22(15)20-14)11-12-2-4-13(18)5-3-12/h2-5,10H,6-9,11H2,1H3,(H,19,23). The van der Waals surface area contributed by atoms with Crippen molar-refractivity contribution in [3.8, 4) is 0 Å². The maximum atomic E-state index is 13.0. The number of methoxy groups -OCH3 is 1. The van der Waals surface area contributed by atoms with Gasteiger partial charge in [0, 0.05) is 32.8 Å². The number of nitrogens with zero attached hydrogens (tertiary/aromatic N) is 3. The first-order valence-corrected chi connectivity index (χ1v) is 7.97. The number of halogens is 1. The number of benzene rings is 1. The average molecular weight is 346 g/mol. The number of rotatable bonds is 6. The molecule has 0 bridgehead atoms. The van der Waals surface area contributed by atoms with Crippen LogP contribution in [0, 0.1) is 5.82 Å². The van der Waals surface area contributed by atoms with E-state index in [4.69, 9.17) is 4.74 Å². The quantitative estimate of drug-likeness (QED) is 0.794. The topological polar surface area (TPSA) is 76.5 Å². The summed E-state index contributed by atoms with van der Waals surface area (Å²) in [7, 11) is 1.55. The summed E-state index contributed by atoms with van der Waals surface area (Å²) in [5, 5.41) is 6.88. The van der Waals surface area contributed by atoms with Crippen LogP contribution in [0.5, 0.6) is 0 Å². The molecule has 0 saturated heterocycles. The van der Waals surface area contributed by atoms with Crippen molar-refractivity contribution in [2.45, 2.75) is 13.1 Å². The molecule has 132 valence electrons. The van der Waals surface area contributed by atoms with Crippen LogP contribution in [0.2, 0.25) is 0 Å². The fourth-order valence-corrected chi connectivity index (χ4v) is 2.67. The highest BCUT2D eigenvalue weighted by atomic mass is 19.1. The number of fused-ring (bicyclic) bond motifs is 1. The molecule has 3 rings (SSSR count). The Bertz CT molecular complexity index is 773. The first-order chi connectivity index (χ1) is 12.1. The van der Waals surface area contributed by atoms with Crippen LogP contribution in [-0.4, -0.2) is 53.3 Å². The van der Waals surface area contributed by atoms with Crippen LogP contribution in [0.25, 0.3) is 0 Å². The molecule has 0 unspecified atom stereocenters. The van der Waals surface area contributed by atoms with Gasteiger partial charge in [-0.2, -0.15) is 5.10 Å². The Morgan fingerprint density at radius 3 is 2.80 bits per heavy atom. The number of nitrogens with one attached hydrogen (secondary N) is 1. The minimum absolute atomic E-state index is 0.195. The van der Waals surface area contributed by atoms with Gasteiger partial charge in [0.05, 0.1) is 13.2 Å². The number of ether oxygens (including phenoxy) is 1. The molecule has 2 heterocycles. The summed E-state index contributed by atoms with van der Waals surface area (Å²) in [6.45, 7) is 2.16. The van der Waals surface area contributed by atoms with Crippen LogP contribution in [0.15, 0.2) is 30.3 Å². The van der Waals surface area contributed by atoms with Crippen LogP contribution in [0.4, 0.5) is 4.39 Å². The van der Waals surface area contributed by atoms with E-state index in [1.54, 1.807) is 28.8 Å². The van der Waals surface area contributed by atoms with Crippen molar-refractivity contribution in [1.29, 1.82) is 0 Å². The van der Waals surface area contributed by atoms with Gasteiger partial charge in [-0.1, -0.05) is 12.1 Å². The number of carbonyl (C=O) groups excluding carboxylic acids is 2. The zero-order chi connectivity index (χ0) is 17.8. The molecule has 7 nitrogen and oxygen atoms in total. The summed E-state index contributed by atoms with van der Waals surface area (Å²) in [6.07, 6.45) is 0. The number of amides is 2. The maximum absolute atomic E-state index is 13.0. The first-order valence-electron chi connectivity index (χ1n) is 7.97.